The predicted molar refractivity (Wildman–Crippen MR) is 82.6 cm³/mol. The van der Waals surface area contributed by atoms with Crippen molar-refractivity contribution in [2.75, 3.05) is 18.0 Å². The molecule has 1 fully saturated rings. The third kappa shape index (κ3) is 2.47. The van der Waals surface area contributed by atoms with Crippen molar-refractivity contribution in [3.8, 4) is 0 Å². The van der Waals surface area contributed by atoms with Gasteiger partial charge in [-0.3, -0.25) is 0 Å². The molecule has 0 aromatic heterocycles. The molecular formula is C14H19ClN2S. The van der Waals surface area contributed by atoms with Gasteiger partial charge < -0.3 is 9.80 Å². The number of rotatable bonds is 2. The van der Waals surface area contributed by atoms with Crippen molar-refractivity contribution < 1.29 is 0 Å². The van der Waals surface area contributed by atoms with Gasteiger partial charge in [-0.1, -0.05) is 23.7 Å². The summed E-state index contributed by atoms with van der Waals surface area (Å²) in [6.45, 7) is 8.42. The van der Waals surface area contributed by atoms with E-state index in [2.05, 4.69) is 36.6 Å². The number of nitrogens with zero attached hydrogens (tertiary/aromatic N) is 2. The molecule has 0 radical (unpaired) electrons. The largest absolute Gasteiger partial charge is 0.346 e. The smallest absolute Gasteiger partial charge is 0.176 e. The molecule has 4 heteroatoms. The number of benzene rings is 1. The minimum absolute atomic E-state index is 0.433. The Bertz CT molecular complexity index is 439. The molecule has 1 heterocycles. The second-order valence-electron chi connectivity index (χ2n) is 4.98. The van der Waals surface area contributed by atoms with Gasteiger partial charge in [-0.05, 0) is 51.0 Å². The summed E-state index contributed by atoms with van der Waals surface area (Å²) in [4.78, 5) is 4.44. The van der Waals surface area contributed by atoms with Gasteiger partial charge in [-0.2, -0.15) is 0 Å². The number of para-hydroxylation sites is 1. The van der Waals surface area contributed by atoms with E-state index in [9.17, 15) is 0 Å². The van der Waals surface area contributed by atoms with Gasteiger partial charge in [0.25, 0.3) is 0 Å². The van der Waals surface area contributed by atoms with Crippen LogP contribution in [-0.4, -0.2) is 29.1 Å². The Morgan fingerprint density at radius 2 is 2.00 bits per heavy atom. The van der Waals surface area contributed by atoms with Gasteiger partial charge >= 0.3 is 0 Å². The van der Waals surface area contributed by atoms with Gasteiger partial charge in [-0.25, -0.2) is 0 Å². The van der Waals surface area contributed by atoms with Crippen LogP contribution in [0.3, 0.4) is 0 Å². The summed E-state index contributed by atoms with van der Waals surface area (Å²) in [5, 5.41) is 1.68. The fourth-order valence-electron chi connectivity index (χ4n) is 2.40. The number of anilines is 1. The molecule has 0 bridgehead atoms. The molecule has 2 nitrogen and oxygen atoms in total. The fraction of sp³-hybridized carbons (Fsp3) is 0.500. The first-order valence-electron chi connectivity index (χ1n) is 6.35. The molecule has 0 aliphatic carbocycles. The molecule has 1 saturated heterocycles. The first-order chi connectivity index (χ1) is 8.52. The number of halogens is 1. The Hall–Kier alpha value is -0.800. The van der Waals surface area contributed by atoms with Crippen molar-refractivity contribution in [1.29, 1.82) is 0 Å². The van der Waals surface area contributed by atoms with Gasteiger partial charge in [0, 0.05) is 19.1 Å². The van der Waals surface area contributed by atoms with Gasteiger partial charge in [0.15, 0.2) is 5.11 Å². The molecule has 0 amide bonds. The highest BCUT2D eigenvalue weighted by Crippen LogP contribution is 2.32. The molecule has 0 N–H and O–H groups in total. The highest BCUT2D eigenvalue weighted by molar-refractivity contribution is 7.80. The summed E-state index contributed by atoms with van der Waals surface area (Å²) in [7, 11) is 0. The molecule has 1 aliphatic rings. The maximum Gasteiger partial charge on any atom is 0.176 e. The summed E-state index contributed by atoms with van der Waals surface area (Å²) in [6.07, 6.45) is 1.11. The Kier molecular flexibility index (Phi) is 4.13. The minimum atomic E-state index is 0.433. The normalized spacial score (nSPS) is 16.6. The van der Waals surface area contributed by atoms with Gasteiger partial charge in [0.05, 0.1) is 10.7 Å². The molecule has 18 heavy (non-hydrogen) atoms. The predicted octanol–water partition coefficient (Wildman–Crippen LogP) is 3.85. The summed E-state index contributed by atoms with van der Waals surface area (Å²) in [5.41, 5.74) is 2.24. The van der Waals surface area contributed by atoms with Crippen LogP contribution in [0.2, 0.25) is 5.02 Å². The summed E-state index contributed by atoms with van der Waals surface area (Å²) in [6, 6.07) is 6.43. The minimum Gasteiger partial charge on any atom is -0.346 e. The second kappa shape index (κ2) is 5.45. The molecule has 1 aromatic carbocycles. The van der Waals surface area contributed by atoms with Crippen LogP contribution in [0, 0.1) is 6.92 Å². The van der Waals surface area contributed by atoms with Crippen molar-refractivity contribution in [1.82, 2.24) is 4.90 Å². The van der Waals surface area contributed by atoms with E-state index in [1.807, 2.05) is 12.1 Å². The molecule has 98 valence electrons. The quantitative estimate of drug-likeness (QED) is 0.761. The number of hydrogen-bond donors (Lipinski definition) is 0. The highest BCUT2D eigenvalue weighted by atomic mass is 35.5. The average Bonchev–Trinajstić information content (AvgIpc) is 2.30. The average molecular weight is 283 g/mol. The zero-order valence-corrected chi connectivity index (χ0v) is 12.7. The van der Waals surface area contributed by atoms with E-state index in [-0.39, 0.29) is 0 Å². The van der Waals surface area contributed by atoms with Crippen LogP contribution in [0.5, 0.6) is 0 Å². The lowest BCUT2D eigenvalue weighted by atomic mass is 10.1. The maximum atomic E-state index is 6.34. The lowest BCUT2D eigenvalue weighted by Gasteiger charge is -2.41. The van der Waals surface area contributed by atoms with Crippen molar-refractivity contribution >= 4 is 34.6 Å². The van der Waals surface area contributed by atoms with E-state index < -0.39 is 0 Å². The van der Waals surface area contributed by atoms with E-state index >= 15 is 0 Å². The van der Waals surface area contributed by atoms with Crippen LogP contribution in [0.25, 0.3) is 0 Å². The monoisotopic (exact) mass is 282 g/mol. The fourth-order valence-corrected chi connectivity index (χ4v) is 3.21. The van der Waals surface area contributed by atoms with Crippen LogP contribution in [-0.2, 0) is 0 Å². The van der Waals surface area contributed by atoms with Crippen LogP contribution >= 0.6 is 23.8 Å². The van der Waals surface area contributed by atoms with E-state index in [1.165, 1.54) is 5.56 Å². The molecule has 1 aliphatic heterocycles. The molecule has 0 spiro atoms. The first-order valence-corrected chi connectivity index (χ1v) is 7.14. The first kappa shape index (κ1) is 13.6. The van der Waals surface area contributed by atoms with Crippen molar-refractivity contribution in [2.45, 2.75) is 33.2 Å². The zero-order chi connectivity index (χ0) is 13.3. The molecule has 0 atom stereocenters. The SMILES string of the molecule is Cc1cccc(Cl)c1N1CCCN(C(C)C)C1=S. The van der Waals surface area contributed by atoms with Crippen molar-refractivity contribution in [3.05, 3.63) is 28.8 Å². The Labute approximate surface area is 120 Å². The van der Waals surface area contributed by atoms with E-state index in [4.69, 9.17) is 23.8 Å². The molecular weight excluding hydrogens is 264 g/mol. The van der Waals surface area contributed by atoms with Crippen LogP contribution in [0.4, 0.5) is 5.69 Å². The van der Waals surface area contributed by atoms with E-state index in [0.717, 1.165) is 35.3 Å². The van der Waals surface area contributed by atoms with Crippen LogP contribution < -0.4 is 4.90 Å². The van der Waals surface area contributed by atoms with Crippen LogP contribution in [0.1, 0.15) is 25.8 Å². The Morgan fingerprint density at radius 1 is 1.28 bits per heavy atom. The highest BCUT2D eigenvalue weighted by Gasteiger charge is 2.26. The van der Waals surface area contributed by atoms with Crippen LogP contribution in [0.15, 0.2) is 18.2 Å². The number of hydrogen-bond acceptors (Lipinski definition) is 1. The Balaban J connectivity index is 2.35. The summed E-state index contributed by atoms with van der Waals surface area (Å²) in [5.74, 6) is 0. The molecule has 1 aromatic rings. The zero-order valence-electron chi connectivity index (χ0n) is 11.1. The van der Waals surface area contributed by atoms with E-state index in [0.29, 0.717) is 6.04 Å². The van der Waals surface area contributed by atoms with Gasteiger partial charge in [0.1, 0.15) is 0 Å². The van der Waals surface area contributed by atoms with Gasteiger partial charge in [0.2, 0.25) is 0 Å². The number of aryl methyl sites for hydroxylation is 1. The molecule has 0 unspecified atom stereocenters. The third-order valence-electron chi connectivity index (χ3n) is 3.34. The number of thiocarbonyl (C=S) groups is 1. The van der Waals surface area contributed by atoms with Crippen molar-refractivity contribution in [3.63, 3.8) is 0 Å². The summed E-state index contributed by atoms with van der Waals surface area (Å²) >= 11 is 12.0. The third-order valence-corrected chi connectivity index (χ3v) is 4.10. The van der Waals surface area contributed by atoms with Gasteiger partial charge in [-0.15, -0.1) is 0 Å². The topological polar surface area (TPSA) is 6.48 Å². The second-order valence-corrected chi connectivity index (χ2v) is 5.75. The summed E-state index contributed by atoms with van der Waals surface area (Å²) < 4.78 is 0. The Morgan fingerprint density at radius 3 is 2.61 bits per heavy atom. The van der Waals surface area contributed by atoms with Crippen molar-refractivity contribution in [2.24, 2.45) is 0 Å². The maximum absolute atomic E-state index is 6.34. The lowest BCUT2D eigenvalue weighted by Crippen LogP contribution is -2.52. The molecule has 0 saturated carbocycles. The van der Waals surface area contributed by atoms with E-state index in [1.54, 1.807) is 0 Å². The lowest BCUT2D eigenvalue weighted by molar-refractivity contribution is 0.329. The molecule has 2 rings (SSSR count). The standard InChI is InChI=1S/C14H19ClN2S/c1-10(2)16-8-5-9-17(14(16)18)13-11(3)6-4-7-12(13)15/h4,6-7,10H,5,8-9H2,1-3H3.